The predicted molar refractivity (Wildman–Crippen MR) is 116 cm³/mol. The van der Waals surface area contributed by atoms with Gasteiger partial charge in [-0.2, -0.15) is 5.10 Å². The van der Waals surface area contributed by atoms with E-state index < -0.39 is 0 Å². The van der Waals surface area contributed by atoms with Crippen molar-refractivity contribution >= 4 is 23.5 Å². The SMILES string of the molecule is C[C@H]1C(Nc2ccc(C(C)(C)C)cc2)=CC=C(Cl)/C1=C/C(N)C1C=NNC1. The molecule has 0 saturated heterocycles. The molecule has 0 saturated carbocycles. The summed E-state index contributed by atoms with van der Waals surface area (Å²) in [6.45, 7) is 9.58. The summed E-state index contributed by atoms with van der Waals surface area (Å²) in [6.07, 6.45) is 7.93. The van der Waals surface area contributed by atoms with Crippen molar-refractivity contribution in [2.24, 2.45) is 22.7 Å². The molecule has 4 N–H and O–H groups in total. The number of anilines is 1. The Morgan fingerprint density at radius 2 is 1.96 bits per heavy atom. The van der Waals surface area contributed by atoms with Gasteiger partial charge in [0.25, 0.3) is 0 Å². The van der Waals surface area contributed by atoms with E-state index in [1.54, 1.807) is 0 Å². The number of nitrogens with zero attached hydrogens (tertiary/aromatic N) is 1. The van der Waals surface area contributed by atoms with Crippen molar-refractivity contribution in [1.29, 1.82) is 0 Å². The first-order chi connectivity index (χ1) is 12.8. The fourth-order valence-electron chi connectivity index (χ4n) is 3.30. The lowest BCUT2D eigenvalue weighted by molar-refractivity contribution is 0.590. The van der Waals surface area contributed by atoms with Crippen LogP contribution in [0.3, 0.4) is 0 Å². The van der Waals surface area contributed by atoms with Crippen molar-refractivity contribution in [2.45, 2.75) is 39.2 Å². The van der Waals surface area contributed by atoms with E-state index in [0.29, 0.717) is 0 Å². The molecule has 2 unspecified atom stereocenters. The summed E-state index contributed by atoms with van der Waals surface area (Å²) in [5.41, 5.74) is 14.0. The molecule has 1 aliphatic carbocycles. The van der Waals surface area contributed by atoms with Crippen LogP contribution < -0.4 is 16.5 Å². The first-order valence-corrected chi connectivity index (χ1v) is 9.82. The van der Waals surface area contributed by atoms with E-state index in [9.17, 15) is 0 Å². The summed E-state index contributed by atoms with van der Waals surface area (Å²) in [5, 5.41) is 8.34. The number of hydrazone groups is 1. The molecule has 0 radical (unpaired) electrons. The van der Waals surface area contributed by atoms with Crippen molar-refractivity contribution in [1.82, 2.24) is 5.43 Å². The molecule has 3 atom stereocenters. The highest BCUT2D eigenvalue weighted by Crippen LogP contribution is 2.34. The van der Waals surface area contributed by atoms with Crippen LogP contribution >= 0.6 is 11.6 Å². The first-order valence-electron chi connectivity index (χ1n) is 9.44. The van der Waals surface area contributed by atoms with Crippen molar-refractivity contribution < 1.29 is 0 Å². The van der Waals surface area contributed by atoms with Gasteiger partial charge in [0.1, 0.15) is 0 Å². The summed E-state index contributed by atoms with van der Waals surface area (Å²) in [6, 6.07) is 8.50. The summed E-state index contributed by atoms with van der Waals surface area (Å²) in [7, 11) is 0. The summed E-state index contributed by atoms with van der Waals surface area (Å²) in [5.74, 6) is 0.337. The molecule has 5 heteroatoms. The Hall–Kier alpha value is -2.04. The van der Waals surface area contributed by atoms with E-state index in [1.807, 2.05) is 18.4 Å². The number of nitrogens with one attached hydrogen (secondary N) is 2. The second kappa shape index (κ2) is 7.91. The van der Waals surface area contributed by atoms with E-state index in [4.69, 9.17) is 17.3 Å². The van der Waals surface area contributed by atoms with Gasteiger partial charge in [0.15, 0.2) is 0 Å². The van der Waals surface area contributed by atoms with Crippen LogP contribution in [-0.4, -0.2) is 18.8 Å². The number of benzene rings is 1. The van der Waals surface area contributed by atoms with Crippen LogP contribution in [0.5, 0.6) is 0 Å². The van der Waals surface area contributed by atoms with Gasteiger partial charge in [-0.3, -0.25) is 0 Å². The molecular weight excluding hydrogens is 356 g/mol. The van der Waals surface area contributed by atoms with E-state index in [-0.39, 0.29) is 23.3 Å². The molecule has 0 spiro atoms. The smallest absolute Gasteiger partial charge is 0.0442 e. The van der Waals surface area contributed by atoms with E-state index in [1.165, 1.54) is 5.56 Å². The second-order valence-electron chi connectivity index (χ2n) is 8.31. The predicted octanol–water partition coefficient (Wildman–Crippen LogP) is 4.51. The number of hydrogen-bond acceptors (Lipinski definition) is 4. The molecule has 0 bridgehead atoms. The van der Waals surface area contributed by atoms with Crippen molar-refractivity contribution in [2.75, 3.05) is 11.9 Å². The topological polar surface area (TPSA) is 62.4 Å². The van der Waals surface area contributed by atoms with Crippen LogP contribution in [0, 0.1) is 11.8 Å². The molecule has 0 amide bonds. The highest BCUT2D eigenvalue weighted by atomic mass is 35.5. The second-order valence-corrected chi connectivity index (χ2v) is 8.72. The van der Waals surface area contributed by atoms with Gasteiger partial charge in [-0.1, -0.05) is 57.5 Å². The standard InChI is InChI=1S/C22H29ClN4/c1-14-18(11-20(24)15-12-25-26-13-15)19(23)9-10-21(14)27-17-7-5-16(6-8-17)22(2,3)4/h5-12,14-15,20,26-27H,13,24H2,1-4H3/b18-11+/t14-,15?,20?/m1/s1. The Kier molecular flexibility index (Phi) is 5.78. The monoisotopic (exact) mass is 384 g/mol. The third-order valence-corrected chi connectivity index (χ3v) is 5.55. The minimum Gasteiger partial charge on any atom is -0.358 e. The fraction of sp³-hybridized carbons (Fsp3) is 0.409. The third kappa shape index (κ3) is 4.63. The van der Waals surface area contributed by atoms with Gasteiger partial charge in [0.05, 0.1) is 0 Å². The van der Waals surface area contributed by atoms with Crippen LogP contribution in [0.2, 0.25) is 0 Å². The lowest BCUT2D eigenvalue weighted by atomic mass is 9.87. The molecule has 0 fully saturated rings. The number of rotatable bonds is 4. The minimum absolute atomic E-state index is 0.117. The van der Waals surface area contributed by atoms with Crippen molar-refractivity contribution in [3.8, 4) is 0 Å². The third-order valence-electron chi connectivity index (χ3n) is 5.21. The van der Waals surface area contributed by atoms with E-state index in [0.717, 1.165) is 28.5 Å². The average molecular weight is 385 g/mol. The zero-order chi connectivity index (χ0) is 19.6. The lowest BCUT2D eigenvalue weighted by Crippen LogP contribution is -2.32. The van der Waals surface area contributed by atoms with Crippen molar-refractivity contribution in [3.63, 3.8) is 0 Å². The first kappa shape index (κ1) is 19.7. The van der Waals surface area contributed by atoms with Gasteiger partial charge >= 0.3 is 0 Å². The van der Waals surface area contributed by atoms with Crippen LogP contribution in [-0.2, 0) is 5.41 Å². The normalized spacial score (nSPS) is 25.0. The zero-order valence-corrected chi connectivity index (χ0v) is 17.2. The number of halogens is 1. The Bertz CT molecular complexity index is 797. The summed E-state index contributed by atoms with van der Waals surface area (Å²) >= 11 is 6.48. The largest absolute Gasteiger partial charge is 0.358 e. The van der Waals surface area contributed by atoms with Gasteiger partial charge < -0.3 is 16.5 Å². The molecule has 3 rings (SSSR count). The zero-order valence-electron chi connectivity index (χ0n) is 16.5. The summed E-state index contributed by atoms with van der Waals surface area (Å²) in [4.78, 5) is 0. The van der Waals surface area contributed by atoms with Crippen LogP contribution in [0.15, 0.2) is 63.9 Å². The molecule has 1 aromatic rings. The van der Waals surface area contributed by atoms with E-state index in [2.05, 4.69) is 73.9 Å². The number of nitrogens with two attached hydrogens (primary N) is 1. The Labute approximate surface area is 167 Å². The average Bonchev–Trinajstić information content (AvgIpc) is 3.15. The van der Waals surface area contributed by atoms with Crippen LogP contribution in [0.4, 0.5) is 5.69 Å². The Morgan fingerprint density at radius 3 is 2.56 bits per heavy atom. The quantitative estimate of drug-likeness (QED) is 0.715. The van der Waals surface area contributed by atoms with Gasteiger partial charge in [-0.15, -0.1) is 0 Å². The maximum absolute atomic E-state index is 6.48. The highest BCUT2D eigenvalue weighted by molar-refractivity contribution is 6.32. The molecule has 144 valence electrons. The molecule has 0 aromatic heterocycles. The molecular formula is C22H29ClN4. The number of hydrogen-bond donors (Lipinski definition) is 3. The molecule has 1 aromatic carbocycles. The Morgan fingerprint density at radius 1 is 1.26 bits per heavy atom. The maximum Gasteiger partial charge on any atom is 0.0442 e. The maximum atomic E-state index is 6.48. The van der Waals surface area contributed by atoms with Gasteiger partial charge in [-0.05, 0) is 40.8 Å². The van der Waals surface area contributed by atoms with Crippen LogP contribution in [0.25, 0.3) is 0 Å². The number of allylic oxidation sites excluding steroid dienone is 4. The Balaban J connectivity index is 1.75. The molecule has 1 aliphatic heterocycles. The lowest BCUT2D eigenvalue weighted by Gasteiger charge is -2.26. The molecule has 2 aliphatic rings. The molecule has 4 nitrogen and oxygen atoms in total. The summed E-state index contributed by atoms with van der Waals surface area (Å²) < 4.78 is 0. The molecule has 27 heavy (non-hydrogen) atoms. The fourth-order valence-corrected chi connectivity index (χ4v) is 3.59. The highest BCUT2D eigenvalue weighted by Gasteiger charge is 2.24. The van der Waals surface area contributed by atoms with Gasteiger partial charge in [0.2, 0.25) is 0 Å². The van der Waals surface area contributed by atoms with Gasteiger partial charge in [-0.25, -0.2) is 0 Å². The van der Waals surface area contributed by atoms with Crippen molar-refractivity contribution in [3.05, 3.63) is 64.4 Å². The minimum atomic E-state index is -0.117. The van der Waals surface area contributed by atoms with Crippen LogP contribution in [0.1, 0.15) is 33.3 Å². The molecule has 1 heterocycles. The van der Waals surface area contributed by atoms with Gasteiger partial charge in [0, 0.05) is 47.1 Å². The van der Waals surface area contributed by atoms with E-state index >= 15 is 0 Å².